The summed E-state index contributed by atoms with van der Waals surface area (Å²) in [7, 11) is 2.00. The highest BCUT2D eigenvalue weighted by Crippen LogP contribution is 2.35. The zero-order valence-corrected chi connectivity index (χ0v) is 24.4. The largest absolute Gasteiger partial charge is 0.491 e. The SMILES string of the molecule is Cc1c2ccccc2nc2c1c1cc(OCCO[C@@H]3C[C@@H](O)[C@H](O[C@@H]4O[C@H](CO)[C@H](O)[C@H](O)[C@H]4O)[C@@H](CO)O3)ccc1n2C. The number of para-hydroxylation sites is 1. The molecular formula is C31H38N2O11. The van der Waals surface area contributed by atoms with E-state index in [1.54, 1.807) is 0 Å². The quantitative estimate of drug-likeness (QED) is 0.141. The fourth-order valence-corrected chi connectivity index (χ4v) is 6.15. The molecule has 4 heterocycles. The Morgan fingerprint density at radius 3 is 2.45 bits per heavy atom. The number of hydrogen-bond donors (Lipinski definition) is 6. The summed E-state index contributed by atoms with van der Waals surface area (Å²) in [5.41, 5.74) is 4.03. The minimum atomic E-state index is -1.65. The van der Waals surface area contributed by atoms with Gasteiger partial charge in [-0.2, -0.15) is 0 Å². The number of aliphatic hydroxyl groups excluding tert-OH is 6. The number of ether oxygens (including phenoxy) is 5. The Bertz CT molecular complexity index is 1610. The fourth-order valence-electron chi connectivity index (χ4n) is 6.15. The lowest BCUT2D eigenvalue weighted by molar-refractivity contribution is -0.344. The van der Waals surface area contributed by atoms with Gasteiger partial charge in [0, 0.05) is 29.6 Å². The van der Waals surface area contributed by atoms with Crippen molar-refractivity contribution in [3.05, 3.63) is 48.0 Å². The summed E-state index contributed by atoms with van der Waals surface area (Å²) in [4.78, 5) is 4.90. The van der Waals surface area contributed by atoms with Gasteiger partial charge in [-0.25, -0.2) is 4.98 Å². The van der Waals surface area contributed by atoms with Crippen molar-refractivity contribution < 1.29 is 54.3 Å². The Morgan fingerprint density at radius 2 is 1.68 bits per heavy atom. The summed E-state index contributed by atoms with van der Waals surface area (Å²) in [6.07, 6.45) is -11.7. The number of aryl methyl sites for hydroxylation is 2. The van der Waals surface area contributed by atoms with Crippen molar-refractivity contribution in [3.63, 3.8) is 0 Å². The Hall–Kier alpha value is -2.95. The van der Waals surface area contributed by atoms with Crippen molar-refractivity contribution >= 4 is 32.8 Å². The molecule has 13 heteroatoms. The van der Waals surface area contributed by atoms with Crippen LogP contribution in [0.4, 0.5) is 0 Å². The van der Waals surface area contributed by atoms with Gasteiger partial charge < -0.3 is 58.9 Å². The van der Waals surface area contributed by atoms with E-state index in [0.717, 1.165) is 38.4 Å². The number of benzene rings is 2. The van der Waals surface area contributed by atoms with E-state index in [4.69, 9.17) is 28.7 Å². The van der Waals surface area contributed by atoms with Crippen LogP contribution in [0.1, 0.15) is 12.0 Å². The van der Waals surface area contributed by atoms with E-state index >= 15 is 0 Å². The summed E-state index contributed by atoms with van der Waals surface area (Å²) >= 11 is 0. The smallest absolute Gasteiger partial charge is 0.187 e. The molecule has 13 nitrogen and oxygen atoms in total. The highest BCUT2D eigenvalue weighted by atomic mass is 16.7. The first kappa shape index (κ1) is 31.0. The van der Waals surface area contributed by atoms with Crippen LogP contribution in [0.3, 0.4) is 0 Å². The molecule has 6 N–H and O–H groups in total. The Labute approximate surface area is 252 Å². The molecular weight excluding hydrogens is 576 g/mol. The van der Waals surface area contributed by atoms with E-state index in [1.165, 1.54) is 0 Å². The molecule has 2 saturated heterocycles. The van der Waals surface area contributed by atoms with Crippen LogP contribution >= 0.6 is 0 Å². The second-order valence-corrected chi connectivity index (χ2v) is 11.3. The topological polar surface area (TPSA) is 185 Å². The number of rotatable bonds is 9. The molecule has 2 aromatic heterocycles. The maximum absolute atomic E-state index is 10.8. The monoisotopic (exact) mass is 614 g/mol. The van der Waals surface area contributed by atoms with Crippen LogP contribution in [0.25, 0.3) is 32.8 Å². The summed E-state index contributed by atoms with van der Waals surface area (Å²) < 4.78 is 30.7. The average molecular weight is 615 g/mol. The first-order valence-electron chi connectivity index (χ1n) is 14.6. The summed E-state index contributed by atoms with van der Waals surface area (Å²) in [6, 6.07) is 14.0. The van der Waals surface area contributed by atoms with Gasteiger partial charge in [0.15, 0.2) is 12.6 Å². The van der Waals surface area contributed by atoms with Crippen molar-refractivity contribution in [2.24, 2.45) is 7.05 Å². The number of nitrogens with zero attached hydrogens (tertiary/aromatic N) is 2. The second kappa shape index (κ2) is 12.8. The number of pyridine rings is 1. The number of hydrogen-bond acceptors (Lipinski definition) is 12. The van der Waals surface area contributed by atoms with E-state index in [2.05, 4.69) is 17.6 Å². The molecule has 0 bridgehead atoms. The average Bonchev–Trinajstić information content (AvgIpc) is 3.31. The third-order valence-electron chi connectivity index (χ3n) is 8.53. The molecule has 2 aliphatic heterocycles. The molecule has 2 fully saturated rings. The van der Waals surface area contributed by atoms with Gasteiger partial charge in [-0.3, -0.25) is 0 Å². The molecule has 0 saturated carbocycles. The van der Waals surface area contributed by atoms with Gasteiger partial charge in [0.25, 0.3) is 0 Å². The zero-order valence-electron chi connectivity index (χ0n) is 24.4. The molecule has 4 aromatic rings. The van der Waals surface area contributed by atoms with Crippen LogP contribution in [0, 0.1) is 6.92 Å². The summed E-state index contributed by atoms with van der Waals surface area (Å²) in [6.45, 7) is 1.27. The standard InChI is InChI=1S/C31H38N2O11/c1-15-17-5-3-4-6-19(17)32-30-25(15)18-11-16(7-8-20(18)33(30)2)40-9-10-41-24-12-21(36)29(23(14-35)42-24)44-31-28(39)27(38)26(37)22(13-34)43-31/h3-8,11,21-24,26-29,31,34-39H,9-10,12-14H2,1-2H3/t21-,22-,23-,24+,26+,27+,28-,29+,31+/m1/s1. The minimum absolute atomic E-state index is 0.0131. The van der Waals surface area contributed by atoms with Crippen molar-refractivity contribution in [3.8, 4) is 5.75 Å². The first-order chi connectivity index (χ1) is 21.2. The minimum Gasteiger partial charge on any atom is -0.491 e. The molecule has 0 unspecified atom stereocenters. The van der Waals surface area contributed by atoms with Gasteiger partial charge in [-0.15, -0.1) is 0 Å². The molecule has 44 heavy (non-hydrogen) atoms. The van der Waals surface area contributed by atoms with E-state index < -0.39 is 68.5 Å². The number of aromatic nitrogens is 2. The van der Waals surface area contributed by atoms with Gasteiger partial charge in [0.1, 0.15) is 54.6 Å². The number of aliphatic hydroxyl groups is 6. The molecule has 2 aromatic carbocycles. The van der Waals surface area contributed by atoms with Gasteiger partial charge in [-0.05, 0) is 36.8 Å². The predicted octanol–water partition coefficient (Wildman–Crippen LogP) is 0.237. The maximum Gasteiger partial charge on any atom is 0.187 e. The molecule has 0 amide bonds. The van der Waals surface area contributed by atoms with Crippen LogP contribution < -0.4 is 4.74 Å². The summed E-state index contributed by atoms with van der Waals surface area (Å²) in [5.74, 6) is 0.659. The highest BCUT2D eigenvalue weighted by molar-refractivity contribution is 6.12. The maximum atomic E-state index is 10.8. The molecule has 2 aliphatic rings. The van der Waals surface area contributed by atoms with Crippen LogP contribution in [0.5, 0.6) is 5.75 Å². The van der Waals surface area contributed by atoms with Crippen LogP contribution in [-0.2, 0) is 26.0 Å². The van der Waals surface area contributed by atoms with Gasteiger partial charge >= 0.3 is 0 Å². The Morgan fingerprint density at radius 1 is 0.909 bits per heavy atom. The van der Waals surface area contributed by atoms with Crippen molar-refractivity contribution in [2.45, 2.75) is 68.7 Å². The molecule has 6 rings (SSSR count). The highest BCUT2D eigenvalue weighted by Gasteiger charge is 2.48. The lowest BCUT2D eigenvalue weighted by atomic mass is 9.98. The lowest BCUT2D eigenvalue weighted by Crippen LogP contribution is -2.62. The van der Waals surface area contributed by atoms with Crippen molar-refractivity contribution in [1.29, 1.82) is 0 Å². The lowest BCUT2D eigenvalue weighted by Gasteiger charge is -2.44. The summed E-state index contributed by atoms with van der Waals surface area (Å²) in [5, 5.41) is 63.6. The van der Waals surface area contributed by atoms with Crippen molar-refractivity contribution in [2.75, 3.05) is 26.4 Å². The second-order valence-electron chi connectivity index (χ2n) is 11.3. The van der Waals surface area contributed by atoms with Crippen LogP contribution in [0.15, 0.2) is 42.5 Å². The molecule has 9 atom stereocenters. The fraction of sp³-hybridized carbons (Fsp3) is 0.516. The predicted molar refractivity (Wildman–Crippen MR) is 157 cm³/mol. The zero-order chi connectivity index (χ0) is 31.1. The third-order valence-corrected chi connectivity index (χ3v) is 8.53. The van der Waals surface area contributed by atoms with Crippen molar-refractivity contribution in [1.82, 2.24) is 9.55 Å². The van der Waals surface area contributed by atoms with Crippen LogP contribution in [-0.4, -0.2) is 122 Å². The molecule has 0 spiro atoms. The van der Waals surface area contributed by atoms with E-state index in [1.807, 2.05) is 43.4 Å². The Balaban J connectivity index is 1.07. The number of fused-ring (bicyclic) bond motifs is 4. The van der Waals surface area contributed by atoms with E-state index in [0.29, 0.717) is 5.75 Å². The van der Waals surface area contributed by atoms with Gasteiger partial charge in [-0.1, -0.05) is 18.2 Å². The first-order valence-corrected chi connectivity index (χ1v) is 14.6. The van der Waals surface area contributed by atoms with Gasteiger partial charge in [0.05, 0.1) is 37.0 Å². The molecule has 0 radical (unpaired) electrons. The van der Waals surface area contributed by atoms with E-state index in [-0.39, 0.29) is 19.6 Å². The Kier molecular flexibility index (Phi) is 9.04. The molecule has 0 aliphatic carbocycles. The molecule has 238 valence electrons. The van der Waals surface area contributed by atoms with Crippen LogP contribution in [0.2, 0.25) is 0 Å². The van der Waals surface area contributed by atoms with Gasteiger partial charge in [0.2, 0.25) is 0 Å². The normalized spacial score (nSPS) is 31.2. The van der Waals surface area contributed by atoms with E-state index in [9.17, 15) is 30.6 Å². The third kappa shape index (κ3) is 5.65.